The Kier molecular flexibility index (Phi) is 6.30. The average molecular weight is 558 g/mol. The predicted molar refractivity (Wildman–Crippen MR) is 148 cm³/mol. The number of hydrogen-bond donors (Lipinski definition) is 4. The second-order valence-corrected chi connectivity index (χ2v) is 10.4. The largest absolute Gasteiger partial charge is 0.494 e. The summed E-state index contributed by atoms with van der Waals surface area (Å²) in [7, 11) is 1.31. The lowest BCUT2D eigenvalue weighted by Gasteiger charge is -2.54. The highest BCUT2D eigenvalue weighted by Crippen LogP contribution is 2.45. The topological polar surface area (TPSA) is 169 Å². The molecule has 2 aromatic carbocycles. The van der Waals surface area contributed by atoms with Crippen molar-refractivity contribution in [3.63, 3.8) is 0 Å². The molecule has 3 aromatic rings. The molecule has 1 spiro atoms. The molecule has 6 rings (SSSR count). The van der Waals surface area contributed by atoms with Gasteiger partial charge in [-0.1, -0.05) is 30.3 Å². The smallest absolute Gasteiger partial charge is 0.330 e. The first kappa shape index (κ1) is 26.2. The summed E-state index contributed by atoms with van der Waals surface area (Å²) in [5, 5.41) is 14.9. The Bertz CT molecular complexity index is 1710. The van der Waals surface area contributed by atoms with E-state index in [1.807, 2.05) is 41.3 Å². The number of anilines is 1. The molecule has 210 valence electrons. The van der Waals surface area contributed by atoms with Gasteiger partial charge in [-0.25, -0.2) is 9.59 Å². The third-order valence-corrected chi connectivity index (χ3v) is 8.06. The van der Waals surface area contributed by atoms with Crippen LogP contribution in [-0.2, 0) is 29.6 Å². The SMILES string of the molecule is Cn1c(O)c(C=Nc2ccc3c(c2)CC2(C(=O)NC(=O)NC2=O)[C@H]2CN(Cc4ccccc4)CCN32)c(=O)[nH]c1=O. The van der Waals surface area contributed by atoms with E-state index in [9.17, 15) is 29.1 Å². The lowest BCUT2D eigenvalue weighted by molar-refractivity contribution is -0.147. The Morgan fingerprint density at radius 1 is 1.02 bits per heavy atom. The minimum atomic E-state index is -1.56. The van der Waals surface area contributed by atoms with Crippen molar-refractivity contribution >= 4 is 35.4 Å². The highest BCUT2D eigenvalue weighted by Gasteiger charge is 2.60. The van der Waals surface area contributed by atoms with Crippen molar-refractivity contribution in [1.82, 2.24) is 25.1 Å². The van der Waals surface area contributed by atoms with E-state index in [1.165, 1.54) is 7.05 Å². The minimum Gasteiger partial charge on any atom is -0.494 e. The summed E-state index contributed by atoms with van der Waals surface area (Å²) in [6.07, 6.45) is 1.18. The van der Waals surface area contributed by atoms with Gasteiger partial charge in [0.2, 0.25) is 17.7 Å². The maximum Gasteiger partial charge on any atom is 0.330 e. The molecule has 0 radical (unpaired) electrons. The molecule has 13 heteroatoms. The normalized spacial score (nSPS) is 20.1. The number of nitrogens with one attached hydrogen (secondary N) is 3. The molecular formula is C28H27N7O6. The van der Waals surface area contributed by atoms with Crippen LogP contribution in [0, 0.1) is 5.41 Å². The maximum atomic E-state index is 13.5. The minimum absolute atomic E-state index is 0.0304. The van der Waals surface area contributed by atoms with Crippen LogP contribution in [0.5, 0.6) is 5.88 Å². The molecule has 1 atom stereocenters. The highest BCUT2D eigenvalue weighted by molar-refractivity contribution is 6.20. The van der Waals surface area contributed by atoms with Crippen LogP contribution in [0.15, 0.2) is 63.1 Å². The van der Waals surface area contributed by atoms with E-state index < -0.39 is 46.4 Å². The van der Waals surface area contributed by atoms with E-state index in [4.69, 9.17) is 0 Å². The van der Waals surface area contributed by atoms with Gasteiger partial charge in [-0.3, -0.25) is 44.5 Å². The number of nitrogens with zero attached hydrogens (tertiary/aromatic N) is 4. The van der Waals surface area contributed by atoms with Gasteiger partial charge in [0.25, 0.3) is 5.56 Å². The van der Waals surface area contributed by atoms with Crippen LogP contribution in [0.4, 0.5) is 16.2 Å². The van der Waals surface area contributed by atoms with Crippen molar-refractivity contribution in [3.8, 4) is 5.88 Å². The summed E-state index contributed by atoms with van der Waals surface area (Å²) in [6.45, 7) is 2.32. The molecule has 0 unspecified atom stereocenters. The van der Waals surface area contributed by atoms with E-state index in [2.05, 4.69) is 25.5 Å². The fraction of sp³-hybridized carbons (Fsp3) is 0.286. The van der Waals surface area contributed by atoms with Gasteiger partial charge in [0, 0.05) is 45.1 Å². The molecule has 2 saturated heterocycles. The quantitative estimate of drug-likeness (QED) is 0.259. The van der Waals surface area contributed by atoms with Crippen LogP contribution in [0.1, 0.15) is 16.7 Å². The lowest BCUT2D eigenvalue weighted by Crippen LogP contribution is -2.74. The van der Waals surface area contributed by atoms with Gasteiger partial charge in [0.1, 0.15) is 5.56 Å². The number of imide groups is 2. The Morgan fingerprint density at radius 3 is 2.49 bits per heavy atom. The van der Waals surface area contributed by atoms with Gasteiger partial charge in [-0.15, -0.1) is 0 Å². The third-order valence-electron chi connectivity index (χ3n) is 8.06. The van der Waals surface area contributed by atoms with Gasteiger partial charge in [-0.05, 0) is 35.7 Å². The maximum absolute atomic E-state index is 13.5. The zero-order valence-corrected chi connectivity index (χ0v) is 22.1. The number of aromatic hydroxyl groups is 1. The van der Waals surface area contributed by atoms with E-state index in [0.29, 0.717) is 37.4 Å². The number of urea groups is 1. The van der Waals surface area contributed by atoms with E-state index in [-0.39, 0.29) is 12.0 Å². The van der Waals surface area contributed by atoms with Crippen molar-refractivity contribution in [1.29, 1.82) is 0 Å². The number of carbonyl (C=O) groups excluding carboxylic acids is 3. The van der Waals surface area contributed by atoms with Gasteiger partial charge in [0.15, 0.2) is 5.41 Å². The van der Waals surface area contributed by atoms with Crippen molar-refractivity contribution in [2.75, 3.05) is 24.5 Å². The first-order valence-electron chi connectivity index (χ1n) is 13.1. The highest BCUT2D eigenvalue weighted by atomic mass is 16.3. The van der Waals surface area contributed by atoms with Crippen LogP contribution < -0.4 is 26.8 Å². The Labute approximate surface area is 233 Å². The summed E-state index contributed by atoms with van der Waals surface area (Å²) < 4.78 is 0.887. The van der Waals surface area contributed by atoms with Gasteiger partial charge >= 0.3 is 11.7 Å². The third kappa shape index (κ3) is 4.39. The number of carbonyl (C=O) groups is 3. The number of hydrogen-bond acceptors (Lipinski definition) is 9. The van der Waals surface area contributed by atoms with Crippen LogP contribution in [0.25, 0.3) is 0 Å². The molecule has 4 amide bonds. The van der Waals surface area contributed by atoms with Crippen LogP contribution in [-0.4, -0.2) is 69.3 Å². The fourth-order valence-electron chi connectivity index (χ4n) is 5.94. The number of benzene rings is 2. The number of amides is 4. The molecule has 4 N–H and O–H groups in total. The number of H-pyrrole nitrogens is 1. The Balaban J connectivity index is 1.37. The Hall–Kier alpha value is -5.04. The summed E-state index contributed by atoms with van der Waals surface area (Å²) >= 11 is 0. The predicted octanol–water partition coefficient (Wildman–Crippen LogP) is 0.129. The van der Waals surface area contributed by atoms with Gasteiger partial charge in [0.05, 0.1) is 11.7 Å². The number of aromatic nitrogens is 2. The molecule has 0 saturated carbocycles. The van der Waals surface area contributed by atoms with Crippen molar-refractivity contribution in [3.05, 3.63) is 86.1 Å². The number of aromatic amines is 1. The molecule has 2 fully saturated rings. The zero-order valence-electron chi connectivity index (χ0n) is 22.1. The zero-order chi connectivity index (χ0) is 28.9. The number of piperazine rings is 1. The standard InChI is InChI=1S/C28H27N7O6/c1-33-23(37)19(22(36)30-27(33)41)13-29-18-7-8-20-17(11-18)12-28(24(38)31-26(40)32-25(28)39)21-15-34(9-10-35(20)21)14-16-5-3-2-4-6-16/h2-8,11,13,21,37H,9-10,12,14-15H2,1H3,(H,30,36,41)(H2,31,32,38,39,40)/t21-/m1/s1. The molecule has 3 aliphatic heterocycles. The van der Waals surface area contributed by atoms with E-state index in [0.717, 1.165) is 22.0 Å². The van der Waals surface area contributed by atoms with Crippen LogP contribution >= 0.6 is 0 Å². The summed E-state index contributed by atoms with van der Waals surface area (Å²) in [4.78, 5) is 73.6. The molecule has 0 aliphatic carbocycles. The van der Waals surface area contributed by atoms with E-state index >= 15 is 0 Å². The second kappa shape index (κ2) is 9.86. The number of aliphatic imine (C=N–C) groups is 1. The fourth-order valence-corrected chi connectivity index (χ4v) is 5.94. The molecule has 13 nitrogen and oxygen atoms in total. The molecule has 3 aliphatic rings. The van der Waals surface area contributed by atoms with Crippen LogP contribution in [0.3, 0.4) is 0 Å². The molecule has 1 aromatic heterocycles. The molecule has 41 heavy (non-hydrogen) atoms. The second-order valence-electron chi connectivity index (χ2n) is 10.4. The Morgan fingerprint density at radius 2 is 1.76 bits per heavy atom. The molecular weight excluding hydrogens is 530 g/mol. The number of rotatable bonds is 4. The van der Waals surface area contributed by atoms with Gasteiger partial charge in [-0.2, -0.15) is 0 Å². The van der Waals surface area contributed by atoms with Crippen molar-refractivity contribution in [2.45, 2.75) is 19.0 Å². The van der Waals surface area contributed by atoms with Crippen LogP contribution in [0.2, 0.25) is 0 Å². The number of fused-ring (bicyclic) bond motifs is 4. The summed E-state index contributed by atoms with van der Waals surface area (Å²) in [6, 6.07) is 13.9. The monoisotopic (exact) mass is 557 g/mol. The van der Waals surface area contributed by atoms with E-state index in [1.54, 1.807) is 12.1 Å². The average Bonchev–Trinajstić information content (AvgIpc) is 2.95. The van der Waals surface area contributed by atoms with Crippen molar-refractivity contribution < 1.29 is 19.5 Å². The van der Waals surface area contributed by atoms with Crippen molar-refractivity contribution in [2.24, 2.45) is 17.5 Å². The summed E-state index contributed by atoms with van der Waals surface area (Å²) in [5.41, 5.74) is -0.269. The first-order chi connectivity index (χ1) is 19.7. The van der Waals surface area contributed by atoms with Gasteiger partial charge < -0.3 is 10.0 Å². The molecule has 0 bridgehead atoms. The lowest BCUT2D eigenvalue weighted by atomic mass is 9.68. The first-order valence-corrected chi connectivity index (χ1v) is 13.1. The summed E-state index contributed by atoms with van der Waals surface area (Å²) in [5.74, 6) is -1.83. The number of barbiturate groups is 1. The molecule has 4 heterocycles.